The second-order valence-electron chi connectivity index (χ2n) is 12.8. The van der Waals surface area contributed by atoms with E-state index < -0.39 is 0 Å². The van der Waals surface area contributed by atoms with Gasteiger partial charge in [0.1, 0.15) is 0 Å². The number of thiophene rings is 1. The normalized spacial score (nSPS) is 16.3. The van der Waals surface area contributed by atoms with E-state index in [-0.39, 0.29) is 12.0 Å². The van der Waals surface area contributed by atoms with E-state index in [1.807, 2.05) is 72.1 Å². The summed E-state index contributed by atoms with van der Waals surface area (Å²) in [5.74, 6) is 0.229. The number of benzene rings is 6. The molecule has 0 radical (unpaired) electrons. The summed E-state index contributed by atoms with van der Waals surface area (Å²) < 4.78 is 5.20. The van der Waals surface area contributed by atoms with Crippen molar-refractivity contribution in [2.45, 2.75) is 13.0 Å². The van der Waals surface area contributed by atoms with Crippen LogP contribution in [0.4, 0.5) is 5.69 Å². The quantitative estimate of drug-likeness (QED) is 0.175. The Morgan fingerprint density at radius 3 is 2.24 bits per heavy atom. The lowest BCUT2D eigenvalue weighted by molar-refractivity contribution is 0.509. The fraction of sp³-hybridized carbons (Fsp3) is 0.0667. The van der Waals surface area contributed by atoms with Gasteiger partial charge in [-0.05, 0) is 59.0 Å². The highest BCUT2D eigenvalue weighted by Crippen LogP contribution is 2.43. The summed E-state index contributed by atoms with van der Waals surface area (Å²) in [5.41, 5.74) is 9.02. The minimum Gasteiger partial charge on any atom is -0.333 e. The summed E-state index contributed by atoms with van der Waals surface area (Å²) >= 11 is 1.88. The molecule has 0 spiro atoms. The van der Waals surface area contributed by atoms with Crippen molar-refractivity contribution in [2.75, 3.05) is 0 Å². The summed E-state index contributed by atoms with van der Waals surface area (Å²) in [6.07, 6.45) is 8.81. The summed E-state index contributed by atoms with van der Waals surface area (Å²) in [4.78, 5) is 4.90. The number of hydrogen-bond acceptors (Lipinski definition) is 3. The highest BCUT2D eigenvalue weighted by Gasteiger charge is 2.24. The number of aliphatic imine (C=N–C) groups is 1. The monoisotopic (exact) mass is 647 g/mol. The third kappa shape index (κ3) is 5.13. The second kappa shape index (κ2) is 12.0. The minimum atomic E-state index is 0.139. The summed E-state index contributed by atoms with van der Waals surface area (Å²) in [7, 11) is 0. The number of hydrogen-bond donors (Lipinski definition) is 1. The largest absolute Gasteiger partial charge is 0.333 e. The molecule has 1 aliphatic carbocycles. The molecule has 49 heavy (non-hydrogen) atoms. The average Bonchev–Trinajstić information content (AvgIpc) is 3.68. The molecular formula is C45H33N3S. The molecular weight excluding hydrogens is 615 g/mol. The molecule has 234 valence electrons. The van der Waals surface area contributed by atoms with Crippen LogP contribution in [-0.2, 0) is 0 Å². The van der Waals surface area contributed by atoms with Gasteiger partial charge in [0.2, 0.25) is 0 Å². The Hall–Kier alpha value is -5.84. The molecule has 1 N–H and O–H groups in total. The summed E-state index contributed by atoms with van der Waals surface area (Å²) in [6, 6.07) is 49.1. The minimum absolute atomic E-state index is 0.139. The fourth-order valence-electron chi connectivity index (χ4n) is 7.35. The van der Waals surface area contributed by atoms with Crippen molar-refractivity contribution in [3.8, 4) is 11.1 Å². The number of nitrogens with zero attached hydrogens (tertiary/aromatic N) is 2. The van der Waals surface area contributed by atoms with Crippen LogP contribution in [0.15, 0.2) is 168 Å². The van der Waals surface area contributed by atoms with E-state index in [2.05, 4.69) is 115 Å². The van der Waals surface area contributed by atoms with Gasteiger partial charge in [-0.2, -0.15) is 0 Å². The van der Waals surface area contributed by atoms with Crippen molar-refractivity contribution in [1.29, 1.82) is 5.41 Å². The van der Waals surface area contributed by atoms with Crippen LogP contribution in [0.25, 0.3) is 53.1 Å². The third-order valence-electron chi connectivity index (χ3n) is 9.77. The number of aromatic nitrogens is 1. The van der Waals surface area contributed by atoms with Gasteiger partial charge in [0, 0.05) is 53.8 Å². The van der Waals surface area contributed by atoms with Crippen molar-refractivity contribution >= 4 is 70.9 Å². The molecule has 0 saturated heterocycles. The highest BCUT2D eigenvalue weighted by molar-refractivity contribution is 7.25. The van der Waals surface area contributed by atoms with E-state index in [9.17, 15) is 0 Å². The predicted molar refractivity (Wildman–Crippen MR) is 210 cm³/mol. The van der Waals surface area contributed by atoms with Gasteiger partial charge in [-0.3, -0.25) is 10.4 Å². The highest BCUT2D eigenvalue weighted by atomic mass is 32.1. The lowest BCUT2D eigenvalue weighted by Gasteiger charge is -2.26. The third-order valence-corrected chi connectivity index (χ3v) is 10.9. The van der Waals surface area contributed by atoms with Crippen molar-refractivity contribution in [1.82, 2.24) is 4.57 Å². The van der Waals surface area contributed by atoms with Crippen LogP contribution in [0, 0.1) is 11.3 Å². The Morgan fingerprint density at radius 2 is 1.41 bits per heavy atom. The molecule has 0 saturated carbocycles. The first-order chi connectivity index (χ1) is 24.1. The number of allylic oxidation sites excluding steroid dienone is 4. The van der Waals surface area contributed by atoms with Crippen LogP contribution in [-0.4, -0.2) is 16.5 Å². The molecule has 2 unspecified atom stereocenters. The predicted octanol–water partition coefficient (Wildman–Crippen LogP) is 12.3. The van der Waals surface area contributed by atoms with Crippen LogP contribution in [0.2, 0.25) is 0 Å². The van der Waals surface area contributed by atoms with Crippen molar-refractivity contribution in [2.24, 2.45) is 10.9 Å². The van der Waals surface area contributed by atoms with Crippen molar-refractivity contribution in [3.63, 3.8) is 0 Å². The van der Waals surface area contributed by atoms with Crippen LogP contribution in [0.3, 0.4) is 0 Å². The average molecular weight is 648 g/mol. The van der Waals surface area contributed by atoms with Gasteiger partial charge in [-0.15, -0.1) is 11.3 Å². The zero-order valence-corrected chi connectivity index (χ0v) is 27.9. The van der Waals surface area contributed by atoms with E-state index in [0.717, 1.165) is 22.4 Å². The van der Waals surface area contributed by atoms with Crippen LogP contribution >= 0.6 is 11.3 Å². The summed E-state index contributed by atoms with van der Waals surface area (Å²) in [5, 5.41) is 14.1. The molecule has 9 rings (SSSR count). The molecule has 0 fully saturated rings. The van der Waals surface area contributed by atoms with E-state index >= 15 is 0 Å². The number of para-hydroxylation sites is 1. The lowest BCUT2D eigenvalue weighted by atomic mass is 9.92. The van der Waals surface area contributed by atoms with Gasteiger partial charge in [0.05, 0.1) is 23.0 Å². The smallest absolute Gasteiger partial charge is 0.0723 e. The van der Waals surface area contributed by atoms with Gasteiger partial charge in [0.15, 0.2) is 0 Å². The first-order valence-corrected chi connectivity index (χ1v) is 17.6. The van der Waals surface area contributed by atoms with Gasteiger partial charge >= 0.3 is 0 Å². The second-order valence-corrected chi connectivity index (χ2v) is 13.9. The maximum Gasteiger partial charge on any atom is 0.0723 e. The van der Waals surface area contributed by atoms with E-state index in [1.54, 1.807) is 0 Å². The summed E-state index contributed by atoms with van der Waals surface area (Å²) in [6.45, 7) is 2.30. The number of nitrogens with one attached hydrogen (secondary N) is 1. The molecule has 1 aliphatic rings. The van der Waals surface area contributed by atoms with Gasteiger partial charge < -0.3 is 4.57 Å². The maximum absolute atomic E-state index is 8.85. The SMILES string of the molecule is CC1C=C(/C=N/c2ccccc2C(=N)c2ccccc2)C=CC1n1c2ccc(-c3ccccc3)cc2c2cc3sc4ccccc4c3cc21. The van der Waals surface area contributed by atoms with Crippen molar-refractivity contribution in [3.05, 3.63) is 174 Å². The molecule has 8 aromatic rings. The first-order valence-electron chi connectivity index (χ1n) is 16.7. The Kier molecular flexibility index (Phi) is 7.18. The zero-order chi connectivity index (χ0) is 32.9. The molecule has 0 aliphatic heterocycles. The fourth-order valence-corrected chi connectivity index (χ4v) is 8.48. The van der Waals surface area contributed by atoms with E-state index in [1.165, 1.54) is 53.1 Å². The Morgan fingerprint density at radius 1 is 0.673 bits per heavy atom. The van der Waals surface area contributed by atoms with Crippen LogP contribution in [0.5, 0.6) is 0 Å². The molecule has 2 heterocycles. The Bertz CT molecular complexity index is 2640. The van der Waals surface area contributed by atoms with Gasteiger partial charge in [0.25, 0.3) is 0 Å². The molecule has 2 aromatic heterocycles. The standard InChI is InChI=1S/C45H33N3S/c1-29-24-30(28-47-39-18-10-8-17-35(39)45(46)32-14-6-3-7-15-32)20-22-40(29)48-41-23-21-33(31-12-4-2-5-13-31)25-36(41)37-27-44-38(26-42(37)48)34-16-9-11-19-43(34)49-44/h2-29,40,46H,1H3/b46-45?,47-28+. The van der Waals surface area contributed by atoms with Crippen molar-refractivity contribution < 1.29 is 0 Å². The lowest BCUT2D eigenvalue weighted by Crippen LogP contribution is -2.16. The molecule has 6 aromatic carbocycles. The van der Waals surface area contributed by atoms with Gasteiger partial charge in [-0.25, -0.2) is 0 Å². The Balaban J connectivity index is 1.13. The number of rotatable bonds is 6. The topological polar surface area (TPSA) is 41.1 Å². The first kappa shape index (κ1) is 29.3. The van der Waals surface area contributed by atoms with Gasteiger partial charge in [-0.1, -0.05) is 128 Å². The van der Waals surface area contributed by atoms with Crippen LogP contribution < -0.4 is 0 Å². The van der Waals surface area contributed by atoms with E-state index in [4.69, 9.17) is 10.4 Å². The van der Waals surface area contributed by atoms with E-state index in [0.29, 0.717) is 5.71 Å². The molecule has 2 atom stereocenters. The molecule has 4 heteroatoms. The molecule has 3 nitrogen and oxygen atoms in total. The zero-order valence-electron chi connectivity index (χ0n) is 27.0. The maximum atomic E-state index is 8.85. The Labute approximate surface area is 289 Å². The number of fused-ring (bicyclic) bond motifs is 6. The molecule has 0 bridgehead atoms. The van der Waals surface area contributed by atoms with Crippen LogP contribution in [0.1, 0.15) is 24.1 Å². The molecule has 0 amide bonds.